The van der Waals surface area contributed by atoms with E-state index in [1.807, 2.05) is 20.0 Å². The summed E-state index contributed by atoms with van der Waals surface area (Å²) in [4.78, 5) is 11.8. The second-order valence-electron chi connectivity index (χ2n) is 4.78. The molecule has 1 aromatic rings. The molecule has 1 heterocycles. The van der Waals surface area contributed by atoms with Crippen molar-refractivity contribution in [2.75, 3.05) is 26.8 Å². The summed E-state index contributed by atoms with van der Waals surface area (Å²) in [5.74, 6) is 1.14. The second-order valence-corrected chi connectivity index (χ2v) is 5.19. The van der Waals surface area contributed by atoms with Crippen molar-refractivity contribution in [2.45, 2.75) is 13.5 Å². The minimum Gasteiger partial charge on any atom is -0.486 e. The maximum absolute atomic E-state index is 11.8. The number of carbonyl (C=O) groups is 1. The van der Waals surface area contributed by atoms with Crippen molar-refractivity contribution >= 4 is 29.9 Å². The van der Waals surface area contributed by atoms with Gasteiger partial charge in [-0.2, -0.15) is 0 Å². The van der Waals surface area contributed by atoms with Crippen LogP contribution in [0.4, 0.5) is 0 Å². The summed E-state index contributed by atoms with van der Waals surface area (Å²) in [6.45, 7) is 3.96. The molecule has 2 rings (SSSR count). The van der Waals surface area contributed by atoms with Gasteiger partial charge in [0.05, 0.1) is 5.02 Å². The van der Waals surface area contributed by atoms with Crippen LogP contribution < -0.4 is 20.1 Å². The van der Waals surface area contributed by atoms with Gasteiger partial charge in [-0.05, 0) is 24.7 Å². The minimum absolute atomic E-state index is 0. The van der Waals surface area contributed by atoms with Crippen LogP contribution in [0.15, 0.2) is 12.1 Å². The van der Waals surface area contributed by atoms with Gasteiger partial charge in [0.2, 0.25) is 5.91 Å². The molecule has 118 valence electrons. The summed E-state index contributed by atoms with van der Waals surface area (Å²) in [5.41, 5.74) is 0.893. The fourth-order valence-electron chi connectivity index (χ4n) is 2.03. The first-order valence-corrected chi connectivity index (χ1v) is 7.00. The van der Waals surface area contributed by atoms with Crippen molar-refractivity contribution in [3.63, 3.8) is 0 Å². The molecule has 1 amide bonds. The van der Waals surface area contributed by atoms with E-state index < -0.39 is 0 Å². The molecule has 0 aromatic heterocycles. The summed E-state index contributed by atoms with van der Waals surface area (Å²) in [5, 5.41) is 6.37. The molecular formula is C14H20Cl2N2O3. The zero-order valence-corrected chi connectivity index (χ0v) is 13.6. The average Bonchev–Trinajstić information content (AvgIpc) is 2.45. The molecule has 1 unspecified atom stereocenters. The van der Waals surface area contributed by atoms with Crippen LogP contribution in [0.25, 0.3) is 0 Å². The number of benzene rings is 1. The Labute approximate surface area is 135 Å². The quantitative estimate of drug-likeness (QED) is 0.864. The number of nitrogens with one attached hydrogen (secondary N) is 2. The Bertz CT molecular complexity index is 497. The van der Waals surface area contributed by atoms with Crippen LogP contribution in [0.1, 0.15) is 12.5 Å². The number of hydrogen-bond acceptors (Lipinski definition) is 4. The largest absolute Gasteiger partial charge is 0.486 e. The van der Waals surface area contributed by atoms with Crippen LogP contribution in [0.2, 0.25) is 5.02 Å². The number of rotatable bonds is 5. The van der Waals surface area contributed by atoms with Crippen molar-refractivity contribution < 1.29 is 14.3 Å². The first-order valence-electron chi connectivity index (χ1n) is 6.62. The number of amides is 1. The lowest BCUT2D eigenvalue weighted by molar-refractivity contribution is -0.124. The van der Waals surface area contributed by atoms with E-state index in [4.69, 9.17) is 21.1 Å². The molecule has 0 saturated carbocycles. The number of hydrogen-bond donors (Lipinski definition) is 2. The van der Waals surface area contributed by atoms with Gasteiger partial charge in [0, 0.05) is 19.0 Å². The van der Waals surface area contributed by atoms with Gasteiger partial charge >= 0.3 is 0 Å². The van der Waals surface area contributed by atoms with E-state index in [1.54, 1.807) is 6.07 Å². The zero-order valence-electron chi connectivity index (χ0n) is 12.1. The molecule has 0 bridgehead atoms. The van der Waals surface area contributed by atoms with Gasteiger partial charge in [0.15, 0.2) is 11.5 Å². The van der Waals surface area contributed by atoms with E-state index in [1.165, 1.54) is 0 Å². The van der Waals surface area contributed by atoms with Crippen molar-refractivity contribution in [1.82, 2.24) is 10.6 Å². The molecule has 5 nitrogen and oxygen atoms in total. The van der Waals surface area contributed by atoms with E-state index in [0.717, 1.165) is 5.56 Å². The third-order valence-corrected chi connectivity index (χ3v) is 3.36. The maximum atomic E-state index is 11.8. The van der Waals surface area contributed by atoms with Gasteiger partial charge in [-0.25, -0.2) is 0 Å². The minimum atomic E-state index is -0.0762. The van der Waals surface area contributed by atoms with Crippen LogP contribution >= 0.6 is 24.0 Å². The Kier molecular flexibility index (Phi) is 7.08. The molecule has 0 spiro atoms. The van der Waals surface area contributed by atoms with Crippen LogP contribution in [0.3, 0.4) is 0 Å². The molecule has 0 saturated heterocycles. The molecular weight excluding hydrogens is 315 g/mol. The Morgan fingerprint density at radius 1 is 1.38 bits per heavy atom. The third kappa shape index (κ3) is 4.66. The van der Waals surface area contributed by atoms with Crippen LogP contribution in [-0.4, -0.2) is 32.7 Å². The fourth-order valence-corrected chi connectivity index (χ4v) is 2.32. The Balaban J connectivity index is 0.00000220. The molecule has 7 heteroatoms. The van der Waals surface area contributed by atoms with Gasteiger partial charge in [-0.15, -0.1) is 12.4 Å². The predicted molar refractivity (Wildman–Crippen MR) is 84.6 cm³/mol. The molecule has 1 aromatic carbocycles. The van der Waals surface area contributed by atoms with E-state index in [9.17, 15) is 4.79 Å². The molecule has 2 N–H and O–H groups in total. The predicted octanol–water partition coefficient (Wildman–Crippen LogP) is 2.00. The summed E-state index contributed by atoms with van der Waals surface area (Å²) in [7, 11) is 1.82. The number of ether oxygens (including phenoxy) is 2. The highest BCUT2D eigenvalue weighted by atomic mass is 35.5. The van der Waals surface area contributed by atoms with E-state index in [0.29, 0.717) is 42.8 Å². The van der Waals surface area contributed by atoms with E-state index >= 15 is 0 Å². The average molecular weight is 335 g/mol. The SMILES string of the molecule is CNCC(C)C(=O)NCc1cc(Cl)c2c(c1)OCCO2.Cl. The summed E-state index contributed by atoms with van der Waals surface area (Å²) in [6, 6.07) is 3.64. The van der Waals surface area contributed by atoms with Crippen LogP contribution in [0, 0.1) is 5.92 Å². The smallest absolute Gasteiger partial charge is 0.224 e. The molecule has 21 heavy (non-hydrogen) atoms. The molecule has 0 aliphatic carbocycles. The zero-order chi connectivity index (χ0) is 14.5. The van der Waals surface area contributed by atoms with Gasteiger partial charge in [0.25, 0.3) is 0 Å². The Morgan fingerprint density at radius 2 is 2.10 bits per heavy atom. The normalized spacial score (nSPS) is 14.0. The molecule has 1 atom stereocenters. The van der Waals surface area contributed by atoms with Crippen molar-refractivity contribution in [3.8, 4) is 11.5 Å². The summed E-state index contributed by atoms with van der Waals surface area (Å²) < 4.78 is 11.0. The Hall–Kier alpha value is -1.17. The van der Waals surface area contributed by atoms with Crippen LogP contribution in [0.5, 0.6) is 11.5 Å². The number of carbonyl (C=O) groups excluding carboxylic acids is 1. The number of fused-ring (bicyclic) bond motifs is 1. The monoisotopic (exact) mass is 334 g/mol. The molecule has 0 fully saturated rings. The lowest BCUT2D eigenvalue weighted by Crippen LogP contribution is -2.33. The molecule has 0 radical (unpaired) electrons. The second kappa shape index (κ2) is 8.32. The van der Waals surface area contributed by atoms with Crippen molar-refractivity contribution in [3.05, 3.63) is 22.7 Å². The van der Waals surface area contributed by atoms with Gasteiger partial charge in [-0.3, -0.25) is 4.79 Å². The Morgan fingerprint density at radius 3 is 2.81 bits per heavy atom. The number of halogens is 2. The van der Waals surface area contributed by atoms with E-state index in [2.05, 4.69) is 10.6 Å². The highest BCUT2D eigenvalue weighted by Crippen LogP contribution is 2.38. The first kappa shape index (κ1) is 17.9. The lowest BCUT2D eigenvalue weighted by Gasteiger charge is -2.20. The maximum Gasteiger partial charge on any atom is 0.224 e. The van der Waals surface area contributed by atoms with Crippen LogP contribution in [-0.2, 0) is 11.3 Å². The topological polar surface area (TPSA) is 59.6 Å². The standard InChI is InChI=1S/C14H19ClN2O3.ClH/c1-9(7-16-2)14(18)17-8-10-5-11(15)13-12(6-10)19-3-4-20-13;/h5-6,9,16H,3-4,7-8H2,1-2H3,(H,17,18);1H. The molecule has 1 aliphatic heterocycles. The summed E-state index contributed by atoms with van der Waals surface area (Å²) >= 11 is 6.15. The van der Waals surface area contributed by atoms with Crippen molar-refractivity contribution in [2.24, 2.45) is 5.92 Å². The highest BCUT2D eigenvalue weighted by molar-refractivity contribution is 6.32. The fraction of sp³-hybridized carbons (Fsp3) is 0.500. The molecule has 1 aliphatic rings. The first-order chi connectivity index (χ1) is 9.61. The van der Waals surface area contributed by atoms with Gasteiger partial charge in [0.1, 0.15) is 13.2 Å². The summed E-state index contributed by atoms with van der Waals surface area (Å²) in [6.07, 6.45) is 0. The third-order valence-electron chi connectivity index (χ3n) is 3.08. The van der Waals surface area contributed by atoms with Gasteiger partial charge in [-0.1, -0.05) is 18.5 Å². The van der Waals surface area contributed by atoms with Gasteiger partial charge < -0.3 is 20.1 Å². The highest BCUT2D eigenvalue weighted by Gasteiger charge is 2.17. The van der Waals surface area contributed by atoms with E-state index in [-0.39, 0.29) is 24.2 Å². The lowest BCUT2D eigenvalue weighted by atomic mass is 10.1. The van der Waals surface area contributed by atoms with Crippen molar-refractivity contribution in [1.29, 1.82) is 0 Å².